The van der Waals surface area contributed by atoms with Gasteiger partial charge in [0.1, 0.15) is 0 Å². The fourth-order valence-corrected chi connectivity index (χ4v) is 3.92. The van der Waals surface area contributed by atoms with Crippen molar-refractivity contribution >= 4 is 35.0 Å². The van der Waals surface area contributed by atoms with Crippen LogP contribution in [0.1, 0.15) is 32.1 Å². The van der Waals surface area contributed by atoms with Crippen LogP contribution in [0.15, 0.2) is 29.4 Å². The van der Waals surface area contributed by atoms with E-state index in [1.807, 2.05) is 0 Å². The van der Waals surface area contributed by atoms with Crippen molar-refractivity contribution in [3.05, 3.63) is 24.4 Å². The third-order valence-corrected chi connectivity index (χ3v) is 5.32. The predicted octanol–water partition coefficient (Wildman–Crippen LogP) is 5.52. The van der Waals surface area contributed by atoms with Crippen molar-refractivity contribution in [3.63, 3.8) is 0 Å². The van der Waals surface area contributed by atoms with E-state index in [1.54, 1.807) is 18.2 Å². The highest BCUT2D eigenvalue weighted by molar-refractivity contribution is 8.03. The van der Waals surface area contributed by atoms with E-state index in [1.165, 1.54) is 6.20 Å². The summed E-state index contributed by atoms with van der Waals surface area (Å²) >= 11 is 12.6. The normalized spacial score (nSPS) is 18.5. The highest BCUT2D eigenvalue weighted by Gasteiger charge is 2.57. The number of hydrogen-bond donors (Lipinski definition) is 0. The Morgan fingerprint density at radius 2 is 1.84 bits per heavy atom. The molecule has 106 valence electrons. The molecule has 0 amide bonds. The van der Waals surface area contributed by atoms with Crippen molar-refractivity contribution in [3.8, 4) is 0 Å². The molecule has 1 aromatic heterocycles. The third-order valence-electron chi connectivity index (χ3n) is 3.38. The van der Waals surface area contributed by atoms with Crippen molar-refractivity contribution in [1.29, 1.82) is 0 Å². The molecule has 0 unspecified atom stereocenters. The zero-order valence-corrected chi connectivity index (χ0v) is 12.6. The largest absolute Gasteiger partial charge is 0.292 e. The van der Waals surface area contributed by atoms with Gasteiger partial charge in [0.15, 0.2) is 0 Å². The molecule has 1 fully saturated rings. The second-order valence-electron chi connectivity index (χ2n) is 4.74. The molecule has 0 aromatic carbocycles. The van der Waals surface area contributed by atoms with Gasteiger partial charge in [0, 0.05) is 12.1 Å². The van der Waals surface area contributed by atoms with Gasteiger partial charge in [-0.3, -0.25) is 0 Å². The van der Waals surface area contributed by atoms with Gasteiger partial charge >= 0.3 is 0 Å². The van der Waals surface area contributed by atoms with E-state index in [9.17, 15) is 8.78 Å². The number of rotatable bonds is 4. The Hall–Kier alpha value is -0.0600. The fraction of sp³-hybridized carbons (Fsp3) is 0.615. The summed E-state index contributed by atoms with van der Waals surface area (Å²) in [5, 5.41) is 0.406. The SMILES string of the molecule is FC(F)(C1CCCCC1)C(Cl)(Cl)Sc1ccccn1. The Morgan fingerprint density at radius 3 is 2.42 bits per heavy atom. The standard InChI is InChI=1S/C13H15Cl2F2NS/c14-13(15,19-11-8-4-5-9-18-11)12(16,17)10-6-2-1-3-7-10/h4-5,8-10H,1-3,6-7H2. The van der Waals surface area contributed by atoms with Crippen LogP contribution >= 0.6 is 35.0 Å². The van der Waals surface area contributed by atoms with E-state index >= 15 is 0 Å². The molecule has 0 aliphatic heterocycles. The summed E-state index contributed by atoms with van der Waals surface area (Å²) in [5.74, 6) is -3.87. The van der Waals surface area contributed by atoms with E-state index in [0.717, 1.165) is 19.3 Å². The fourth-order valence-electron chi connectivity index (χ4n) is 2.31. The number of aromatic nitrogens is 1. The Balaban J connectivity index is 2.12. The second-order valence-corrected chi connectivity index (χ2v) is 7.76. The van der Waals surface area contributed by atoms with Gasteiger partial charge in [0.05, 0.1) is 5.03 Å². The number of hydrogen-bond acceptors (Lipinski definition) is 2. The van der Waals surface area contributed by atoms with Crippen LogP contribution < -0.4 is 0 Å². The molecule has 0 bridgehead atoms. The average Bonchev–Trinajstić information content (AvgIpc) is 2.40. The Labute approximate surface area is 126 Å². The summed E-state index contributed by atoms with van der Waals surface area (Å²) in [6.45, 7) is 0. The molecule has 1 aromatic rings. The zero-order valence-electron chi connectivity index (χ0n) is 10.3. The van der Waals surface area contributed by atoms with Gasteiger partial charge in [-0.1, -0.05) is 60.3 Å². The van der Waals surface area contributed by atoms with Crippen LogP contribution in [0.3, 0.4) is 0 Å². The Bertz CT molecular complexity index is 408. The van der Waals surface area contributed by atoms with Gasteiger partial charge in [-0.25, -0.2) is 13.8 Å². The van der Waals surface area contributed by atoms with Crippen molar-refractivity contribution in [1.82, 2.24) is 4.98 Å². The summed E-state index contributed by atoms with van der Waals surface area (Å²) in [5.41, 5.74) is 0. The van der Waals surface area contributed by atoms with Gasteiger partial charge in [-0.15, -0.1) is 0 Å². The van der Waals surface area contributed by atoms with Crippen molar-refractivity contribution in [2.75, 3.05) is 0 Å². The van der Waals surface area contributed by atoms with Crippen LogP contribution in [-0.2, 0) is 0 Å². The molecule has 1 saturated carbocycles. The smallest absolute Gasteiger partial charge is 0.250 e. The first-order valence-corrected chi connectivity index (χ1v) is 7.86. The van der Waals surface area contributed by atoms with Gasteiger partial charge in [0.2, 0.25) is 3.67 Å². The minimum Gasteiger partial charge on any atom is -0.250 e. The molecule has 0 atom stereocenters. The highest BCUT2D eigenvalue weighted by atomic mass is 35.5. The molecule has 2 rings (SSSR count). The number of alkyl halides is 4. The number of halogens is 4. The minimum absolute atomic E-state index is 0.406. The molecule has 0 N–H and O–H groups in total. The number of nitrogens with zero attached hydrogens (tertiary/aromatic N) is 1. The first kappa shape index (κ1) is 15.3. The summed E-state index contributed by atoms with van der Waals surface area (Å²) in [6.07, 6.45) is 5.15. The Morgan fingerprint density at radius 1 is 1.16 bits per heavy atom. The maximum Gasteiger partial charge on any atom is 0.292 e. The quantitative estimate of drug-likeness (QED) is 0.534. The van der Waals surface area contributed by atoms with Gasteiger partial charge in [-0.2, -0.15) is 0 Å². The lowest BCUT2D eigenvalue weighted by molar-refractivity contribution is -0.0652. The van der Waals surface area contributed by atoms with Crippen molar-refractivity contribution in [2.45, 2.75) is 46.7 Å². The zero-order chi connectivity index (χ0) is 13.9. The molecular formula is C13H15Cl2F2NS. The van der Waals surface area contributed by atoms with Gasteiger partial charge in [-0.05, 0) is 25.0 Å². The lowest BCUT2D eigenvalue weighted by Crippen LogP contribution is -2.43. The van der Waals surface area contributed by atoms with Crippen LogP contribution in [0.25, 0.3) is 0 Å². The molecule has 19 heavy (non-hydrogen) atoms. The lowest BCUT2D eigenvalue weighted by atomic mass is 9.85. The van der Waals surface area contributed by atoms with E-state index in [4.69, 9.17) is 23.2 Å². The summed E-state index contributed by atoms with van der Waals surface area (Å²) in [4.78, 5) is 3.98. The first-order valence-electron chi connectivity index (χ1n) is 6.29. The van der Waals surface area contributed by atoms with E-state index in [2.05, 4.69) is 4.98 Å². The second kappa shape index (κ2) is 6.15. The molecule has 1 nitrogen and oxygen atoms in total. The molecule has 1 aliphatic rings. The predicted molar refractivity (Wildman–Crippen MR) is 76.1 cm³/mol. The Kier molecular flexibility index (Phi) is 4.96. The van der Waals surface area contributed by atoms with Crippen LogP contribution in [0.4, 0.5) is 8.78 Å². The maximum atomic E-state index is 14.5. The van der Waals surface area contributed by atoms with Gasteiger partial charge < -0.3 is 0 Å². The van der Waals surface area contributed by atoms with Gasteiger partial charge in [0.25, 0.3) is 5.92 Å². The topological polar surface area (TPSA) is 12.9 Å². The van der Waals surface area contributed by atoms with Crippen LogP contribution in [0.2, 0.25) is 0 Å². The van der Waals surface area contributed by atoms with E-state index in [0.29, 0.717) is 29.6 Å². The first-order chi connectivity index (χ1) is 8.93. The molecular weight excluding hydrogens is 311 g/mol. The summed E-state index contributed by atoms with van der Waals surface area (Å²) in [7, 11) is 0. The van der Waals surface area contributed by atoms with E-state index < -0.39 is 15.5 Å². The third kappa shape index (κ3) is 3.53. The summed E-state index contributed by atoms with van der Waals surface area (Å²) in [6, 6.07) is 5.06. The van der Waals surface area contributed by atoms with Crippen LogP contribution in [0, 0.1) is 5.92 Å². The monoisotopic (exact) mass is 325 g/mol. The highest BCUT2D eigenvalue weighted by Crippen LogP contribution is 2.55. The molecule has 0 spiro atoms. The average molecular weight is 326 g/mol. The van der Waals surface area contributed by atoms with E-state index in [-0.39, 0.29) is 0 Å². The van der Waals surface area contributed by atoms with Crippen LogP contribution in [0.5, 0.6) is 0 Å². The van der Waals surface area contributed by atoms with Crippen molar-refractivity contribution < 1.29 is 8.78 Å². The molecule has 0 radical (unpaired) electrons. The number of thioether (sulfide) groups is 1. The maximum absolute atomic E-state index is 14.5. The molecule has 6 heteroatoms. The van der Waals surface area contributed by atoms with Crippen molar-refractivity contribution in [2.24, 2.45) is 5.92 Å². The number of pyridine rings is 1. The lowest BCUT2D eigenvalue weighted by Gasteiger charge is -2.36. The summed E-state index contributed by atoms with van der Waals surface area (Å²) < 4.78 is 26.7. The molecule has 1 aliphatic carbocycles. The molecule has 1 heterocycles. The molecule has 0 saturated heterocycles. The van der Waals surface area contributed by atoms with Crippen LogP contribution in [-0.4, -0.2) is 14.6 Å². The minimum atomic E-state index is -3.13.